The fourth-order valence-electron chi connectivity index (χ4n) is 1.90. The summed E-state index contributed by atoms with van der Waals surface area (Å²) in [5, 5.41) is 20.3. The molecule has 2 N–H and O–H groups in total. The summed E-state index contributed by atoms with van der Waals surface area (Å²) in [6.07, 6.45) is 3.72. The molecule has 0 aliphatic heterocycles. The Bertz CT molecular complexity index is 530. The number of carbonyl (C=O) groups excluding carboxylic acids is 1. The van der Waals surface area contributed by atoms with Crippen molar-refractivity contribution in [3.05, 3.63) is 35.9 Å². The number of aliphatic hydroxyl groups is 1. The zero-order chi connectivity index (χ0) is 16.4. The van der Waals surface area contributed by atoms with Crippen LogP contribution in [0, 0.1) is 17.2 Å². The highest BCUT2D eigenvalue weighted by molar-refractivity contribution is 5.91. The third kappa shape index (κ3) is 6.42. The Balaban J connectivity index is 2.56. The predicted molar refractivity (Wildman–Crippen MR) is 85.1 cm³/mol. The maximum atomic E-state index is 11.9. The molecule has 1 amide bonds. The molecule has 0 saturated heterocycles. The molecule has 1 atom stereocenters. The van der Waals surface area contributed by atoms with E-state index in [0.717, 1.165) is 5.56 Å². The van der Waals surface area contributed by atoms with Crippen molar-refractivity contribution in [2.75, 3.05) is 13.2 Å². The van der Waals surface area contributed by atoms with E-state index in [1.807, 2.05) is 32.0 Å². The number of ether oxygens (including phenoxy) is 1. The van der Waals surface area contributed by atoms with Crippen molar-refractivity contribution < 1.29 is 14.6 Å². The Kier molecular flexibility index (Phi) is 7.73. The number of carbonyl (C=O) groups is 1. The van der Waals surface area contributed by atoms with E-state index in [-0.39, 0.29) is 31.1 Å². The number of rotatable bonds is 8. The lowest BCUT2D eigenvalue weighted by Crippen LogP contribution is -2.38. The lowest BCUT2D eigenvalue weighted by Gasteiger charge is -2.20. The van der Waals surface area contributed by atoms with Gasteiger partial charge in [0.15, 0.2) is 6.61 Å². The molecule has 22 heavy (non-hydrogen) atoms. The van der Waals surface area contributed by atoms with Crippen molar-refractivity contribution in [2.24, 2.45) is 5.92 Å². The average Bonchev–Trinajstić information content (AvgIpc) is 2.51. The highest BCUT2D eigenvalue weighted by atomic mass is 16.5. The zero-order valence-corrected chi connectivity index (χ0v) is 13.0. The average molecular weight is 302 g/mol. The summed E-state index contributed by atoms with van der Waals surface area (Å²) in [6, 6.07) is 8.98. The molecular formula is C17H22N2O3. The Morgan fingerprint density at radius 2 is 2.09 bits per heavy atom. The molecule has 0 aliphatic rings. The van der Waals surface area contributed by atoms with E-state index < -0.39 is 0 Å². The Morgan fingerprint density at radius 1 is 1.41 bits per heavy atom. The second-order valence-electron chi connectivity index (χ2n) is 5.22. The largest absolute Gasteiger partial charge is 0.479 e. The monoisotopic (exact) mass is 302 g/mol. The van der Waals surface area contributed by atoms with Crippen molar-refractivity contribution in [3.8, 4) is 11.8 Å². The summed E-state index contributed by atoms with van der Waals surface area (Å²) < 4.78 is 5.15. The van der Waals surface area contributed by atoms with Gasteiger partial charge in [-0.05, 0) is 36.1 Å². The van der Waals surface area contributed by atoms with Crippen LogP contribution in [0.15, 0.2) is 30.3 Å². The van der Waals surface area contributed by atoms with Gasteiger partial charge in [0.2, 0.25) is 5.91 Å². The SMILES string of the molecule is CC(C)C(CCO)NC(=O)/C=C/c1ccc(OCC#N)cc1. The molecule has 1 aromatic rings. The van der Waals surface area contributed by atoms with Crippen LogP contribution in [0.2, 0.25) is 0 Å². The van der Waals surface area contributed by atoms with Crippen molar-refractivity contribution in [3.63, 3.8) is 0 Å². The third-order valence-electron chi connectivity index (χ3n) is 3.18. The van der Waals surface area contributed by atoms with Gasteiger partial charge in [0, 0.05) is 18.7 Å². The van der Waals surface area contributed by atoms with E-state index >= 15 is 0 Å². The topological polar surface area (TPSA) is 82.3 Å². The lowest BCUT2D eigenvalue weighted by molar-refractivity contribution is -0.117. The fraction of sp³-hybridized carbons (Fsp3) is 0.412. The van der Waals surface area contributed by atoms with Crippen molar-refractivity contribution in [2.45, 2.75) is 26.3 Å². The van der Waals surface area contributed by atoms with Crippen LogP contribution in [-0.4, -0.2) is 30.3 Å². The molecule has 0 spiro atoms. The first-order chi connectivity index (χ1) is 10.6. The van der Waals surface area contributed by atoms with Crippen LogP contribution in [0.4, 0.5) is 0 Å². The maximum absolute atomic E-state index is 11.9. The van der Waals surface area contributed by atoms with E-state index in [2.05, 4.69) is 5.32 Å². The number of nitrogens with one attached hydrogen (secondary N) is 1. The summed E-state index contributed by atoms with van der Waals surface area (Å²) in [5.74, 6) is 0.698. The normalized spacial score (nSPS) is 12.1. The van der Waals surface area contributed by atoms with Gasteiger partial charge in [-0.25, -0.2) is 0 Å². The fourth-order valence-corrected chi connectivity index (χ4v) is 1.90. The number of aliphatic hydroxyl groups excluding tert-OH is 1. The highest BCUT2D eigenvalue weighted by Gasteiger charge is 2.13. The zero-order valence-electron chi connectivity index (χ0n) is 13.0. The number of nitriles is 1. The number of hydrogen-bond donors (Lipinski definition) is 2. The minimum absolute atomic E-state index is 0.0129. The van der Waals surface area contributed by atoms with E-state index in [1.54, 1.807) is 18.2 Å². The number of benzene rings is 1. The molecule has 118 valence electrons. The first-order valence-electron chi connectivity index (χ1n) is 7.26. The van der Waals surface area contributed by atoms with Gasteiger partial charge in [-0.15, -0.1) is 0 Å². The summed E-state index contributed by atoms with van der Waals surface area (Å²) in [5.41, 5.74) is 0.864. The molecule has 0 saturated carbocycles. The maximum Gasteiger partial charge on any atom is 0.244 e. The lowest BCUT2D eigenvalue weighted by atomic mass is 10.0. The van der Waals surface area contributed by atoms with Crippen molar-refractivity contribution in [1.82, 2.24) is 5.32 Å². The number of nitrogens with zero attached hydrogens (tertiary/aromatic N) is 1. The summed E-state index contributed by atoms with van der Waals surface area (Å²) >= 11 is 0. The summed E-state index contributed by atoms with van der Waals surface area (Å²) in [6.45, 7) is 4.07. The van der Waals surface area contributed by atoms with Crippen LogP contribution < -0.4 is 10.1 Å². The summed E-state index contributed by atoms with van der Waals surface area (Å²) in [7, 11) is 0. The molecule has 5 heteroatoms. The molecule has 1 unspecified atom stereocenters. The molecule has 0 bridgehead atoms. The highest BCUT2D eigenvalue weighted by Crippen LogP contribution is 2.13. The van der Waals surface area contributed by atoms with E-state index in [1.165, 1.54) is 6.08 Å². The van der Waals surface area contributed by atoms with Gasteiger partial charge in [0.1, 0.15) is 11.8 Å². The van der Waals surface area contributed by atoms with Gasteiger partial charge in [0.25, 0.3) is 0 Å². The molecule has 5 nitrogen and oxygen atoms in total. The first kappa shape index (κ1) is 17.7. The molecular weight excluding hydrogens is 280 g/mol. The molecule has 0 aromatic heterocycles. The second-order valence-corrected chi connectivity index (χ2v) is 5.22. The van der Waals surface area contributed by atoms with E-state index in [9.17, 15) is 4.79 Å². The first-order valence-corrected chi connectivity index (χ1v) is 7.26. The van der Waals surface area contributed by atoms with Gasteiger partial charge >= 0.3 is 0 Å². The van der Waals surface area contributed by atoms with Crippen molar-refractivity contribution in [1.29, 1.82) is 5.26 Å². The predicted octanol–water partition coefficient (Wildman–Crippen LogP) is 2.13. The van der Waals surface area contributed by atoms with Crippen LogP contribution in [-0.2, 0) is 4.79 Å². The molecule has 1 aromatic carbocycles. The smallest absolute Gasteiger partial charge is 0.244 e. The minimum atomic E-state index is -0.183. The Morgan fingerprint density at radius 3 is 2.64 bits per heavy atom. The van der Waals surface area contributed by atoms with Crippen LogP contribution in [0.1, 0.15) is 25.8 Å². The molecule has 0 aliphatic carbocycles. The number of amides is 1. The Labute approximate surface area is 131 Å². The van der Waals surface area contributed by atoms with Gasteiger partial charge in [-0.1, -0.05) is 26.0 Å². The van der Waals surface area contributed by atoms with Gasteiger partial charge in [0.05, 0.1) is 0 Å². The number of hydrogen-bond acceptors (Lipinski definition) is 4. The van der Waals surface area contributed by atoms with Crippen molar-refractivity contribution >= 4 is 12.0 Å². The third-order valence-corrected chi connectivity index (χ3v) is 3.18. The van der Waals surface area contributed by atoms with Crippen LogP contribution >= 0.6 is 0 Å². The molecule has 0 fully saturated rings. The second kappa shape index (κ2) is 9.59. The van der Waals surface area contributed by atoms with Crippen LogP contribution in [0.3, 0.4) is 0 Å². The quantitative estimate of drug-likeness (QED) is 0.721. The summed E-state index contributed by atoms with van der Waals surface area (Å²) in [4.78, 5) is 11.9. The molecule has 0 radical (unpaired) electrons. The van der Waals surface area contributed by atoms with E-state index in [0.29, 0.717) is 12.2 Å². The van der Waals surface area contributed by atoms with Gasteiger partial charge < -0.3 is 15.2 Å². The van der Waals surface area contributed by atoms with E-state index in [4.69, 9.17) is 15.1 Å². The molecule has 0 heterocycles. The minimum Gasteiger partial charge on any atom is -0.479 e. The van der Waals surface area contributed by atoms with Gasteiger partial charge in [-0.2, -0.15) is 5.26 Å². The van der Waals surface area contributed by atoms with Gasteiger partial charge in [-0.3, -0.25) is 4.79 Å². The Hall–Kier alpha value is -2.32. The van der Waals surface area contributed by atoms with Crippen LogP contribution in [0.5, 0.6) is 5.75 Å². The molecule has 1 rings (SSSR count). The standard InChI is InChI=1S/C17H22N2O3/c1-13(2)16(9-11-20)19-17(21)8-5-14-3-6-15(7-4-14)22-12-10-18/h3-8,13,16,20H,9,11-12H2,1-2H3,(H,19,21)/b8-5+. The van der Waals surface area contributed by atoms with Crippen LogP contribution in [0.25, 0.3) is 6.08 Å².